The number of nitrogens with zero attached hydrogens (tertiary/aromatic N) is 4. The maximum absolute atomic E-state index is 12.4. The van der Waals surface area contributed by atoms with Gasteiger partial charge in [0.25, 0.3) is 11.8 Å². The van der Waals surface area contributed by atoms with E-state index < -0.39 is 6.04 Å². The standard InChI is InChI=1S/C13H16N4O3/c1-3-6-17(10-7-11(18)16(2)13(10)20)12(19)9-8-14-4-5-15-9/h4-5,8,10H,3,6-7H2,1-2H3/t10-/m0/s1. The van der Waals surface area contributed by atoms with Gasteiger partial charge in [-0.2, -0.15) is 0 Å². The minimum absolute atomic E-state index is 0.0291. The van der Waals surface area contributed by atoms with Crippen LogP contribution in [0.1, 0.15) is 30.3 Å². The van der Waals surface area contributed by atoms with Gasteiger partial charge in [-0.3, -0.25) is 24.3 Å². The lowest BCUT2D eigenvalue weighted by atomic mass is 10.2. The molecule has 0 bridgehead atoms. The third-order valence-electron chi connectivity index (χ3n) is 3.24. The van der Waals surface area contributed by atoms with Crippen LogP contribution < -0.4 is 0 Å². The van der Waals surface area contributed by atoms with E-state index in [9.17, 15) is 14.4 Å². The number of carbonyl (C=O) groups is 3. The number of hydrogen-bond acceptors (Lipinski definition) is 5. The topological polar surface area (TPSA) is 83.5 Å². The molecule has 1 aromatic rings. The fourth-order valence-electron chi connectivity index (χ4n) is 2.18. The van der Waals surface area contributed by atoms with Gasteiger partial charge in [0, 0.05) is 26.0 Å². The average molecular weight is 276 g/mol. The third-order valence-corrected chi connectivity index (χ3v) is 3.24. The van der Waals surface area contributed by atoms with E-state index in [-0.39, 0.29) is 29.8 Å². The second-order valence-corrected chi connectivity index (χ2v) is 4.60. The van der Waals surface area contributed by atoms with Crippen LogP contribution in [0.3, 0.4) is 0 Å². The van der Waals surface area contributed by atoms with Crippen molar-refractivity contribution in [2.75, 3.05) is 13.6 Å². The molecule has 0 unspecified atom stereocenters. The van der Waals surface area contributed by atoms with Crippen molar-refractivity contribution >= 4 is 17.7 Å². The molecular weight excluding hydrogens is 260 g/mol. The summed E-state index contributed by atoms with van der Waals surface area (Å²) in [6.45, 7) is 2.30. The number of imide groups is 1. The molecule has 2 heterocycles. The Labute approximate surface area is 116 Å². The molecule has 0 aliphatic carbocycles. The Morgan fingerprint density at radius 3 is 2.70 bits per heavy atom. The first kappa shape index (κ1) is 14.1. The summed E-state index contributed by atoms with van der Waals surface area (Å²) >= 11 is 0. The Hall–Kier alpha value is -2.31. The van der Waals surface area contributed by atoms with Crippen LogP contribution in [0, 0.1) is 0 Å². The quantitative estimate of drug-likeness (QED) is 0.727. The van der Waals surface area contributed by atoms with Crippen molar-refractivity contribution in [1.82, 2.24) is 19.8 Å². The highest BCUT2D eigenvalue weighted by Crippen LogP contribution is 2.19. The molecule has 0 aromatic carbocycles. The first-order valence-electron chi connectivity index (χ1n) is 6.43. The summed E-state index contributed by atoms with van der Waals surface area (Å²) in [6, 6.07) is -0.734. The second kappa shape index (κ2) is 5.77. The Bertz CT molecular complexity index is 532. The SMILES string of the molecule is CCCN(C(=O)c1cnccn1)[C@H]1CC(=O)N(C)C1=O. The van der Waals surface area contributed by atoms with E-state index in [0.29, 0.717) is 13.0 Å². The molecule has 0 N–H and O–H groups in total. The molecule has 1 aromatic heterocycles. The van der Waals surface area contributed by atoms with E-state index in [4.69, 9.17) is 0 Å². The van der Waals surface area contributed by atoms with Gasteiger partial charge in [0.2, 0.25) is 5.91 Å². The summed E-state index contributed by atoms with van der Waals surface area (Å²) < 4.78 is 0. The molecular formula is C13H16N4O3. The van der Waals surface area contributed by atoms with E-state index in [1.54, 1.807) is 0 Å². The predicted octanol–water partition coefficient (Wildman–Crippen LogP) is 0.0861. The van der Waals surface area contributed by atoms with Crippen molar-refractivity contribution < 1.29 is 14.4 Å². The number of aromatic nitrogens is 2. The second-order valence-electron chi connectivity index (χ2n) is 4.60. The molecule has 106 valence electrons. The van der Waals surface area contributed by atoms with Crippen molar-refractivity contribution in [3.8, 4) is 0 Å². The third kappa shape index (κ3) is 2.52. The minimum atomic E-state index is -0.734. The Morgan fingerprint density at radius 2 is 2.20 bits per heavy atom. The number of likely N-dealkylation sites (tertiary alicyclic amines) is 1. The molecule has 7 nitrogen and oxygen atoms in total. The summed E-state index contributed by atoms with van der Waals surface area (Å²) in [5.74, 6) is -0.991. The molecule has 7 heteroatoms. The number of amides is 3. The van der Waals surface area contributed by atoms with Gasteiger partial charge >= 0.3 is 0 Å². The maximum atomic E-state index is 12.4. The first-order chi connectivity index (χ1) is 9.56. The van der Waals surface area contributed by atoms with Gasteiger partial charge in [-0.1, -0.05) is 6.92 Å². The van der Waals surface area contributed by atoms with Gasteiger partial charge in [0.15, 0.2) is 0 Å². The van der Waals surface area contributed by atoms with Crippen molar-refractivity contribution in [3.05, 3.63) is 24.3 Å². The van der Waals surface area contributed by atoms with Crippen LogP contribution in [0.4, 0.5) is 0 Å². The number of likely N-dealkylation sites (N-methyl/N-ethyl adjacent to an activating group) is 1. The minimum Gasteiger partial charge on any atom is -0.325 e. The Kier molecular flexibility index (Phi) is 4.07. The molecule has 20 heavy (non-hydrogen) atoms. The summed E-state index contributed by atoms with van der Waals surface area (Å²) in [5.41, 5.74) is 0.177. The highest BCUT2D eigenvalue weighted by Gasteiger charge is 2.41. The molecule has 0 saturated carbocycles. The summed E-state index contributed by atoms with van der Waals surface area (Å²) in [6.07, 6.45) is 4.97. The smallest absolute Gasteiger partial charge is 0.274 e. The zero-order valence-electron chi connectivity index (χ0n) is 11.4. The van der Waals surface area contributed by atoms with E-state index in [2.05, 4.69) is 9.97 Å². The number of hydrogen-bond donors (Lipinski definition) is 0. The Morgan fingerprint density at radius 1 is 1.45 bits per heavy atom. The van der Waals surface area contributed by atoms with Crippen LogP contribution in [0.25, 0.3) is 0 Å². The van der Waals surface area contributed by atoms with Gasteiger partial charge in [-0.25, -0.2) is 4.98 Å². The fourth-order valence-corrected chi connectivity index (χ4v) is 2.18. The van der Waals surface area contributed by atoms with Crippen LogP contribution in [0.2, 0.25) is 0 Å². The van der Waals surface area contributed by atoms with E-state index >= 15 is 0 Å². The van der Waals surface area contributed by atoms with Gasteiger partial charge in [0.1, 0.15) is 11.7 Å². The normalized spacial score (nSPS) is 18.5. The largest absolute Gasteiger partial charge is 0.325 e. The molecule has 1 fully saturated rings. The van der Waals surface area contributed by atoms with Gasteiger partial charge in [0.05, 0.1) is 12.6 Å². The number of rotatable bonds is 4. The lowest BCUT2D eigenvalue weighted by Gasteiger charge is -2.26. The van der Waals surface area contributed by atoms with Crippen molar-refractivity contribution in [3.63, 3.8) is 0 Å². The van der Waals surface area contributed by atoms with E-state index in [1.165, 1.54) is 30.5 Å². The van der Waals surface area contributed by atoms with Crippen LogP contribution in [0.15, 0.2) is 18.6 Å². The molecule has 1 aliphatic heterocycles. The fraction of sp³-hybridized carbons (Fsp3) is 0.462. The summed E-state index contributed by atoms with van der Waals surface area (Å²) in [4.78, 5) is 46.3. The zero-order valence-corrected chi connectivity index (χ0v) is 11.4. The van der Waals surface area contributed by atoms with Crippen molar-refractivity contribution in [2.24, 2.45) is 0 Å². The van der Waals surface area contributed by atoms with E-state index in [0.717, 1.165) is 4.90 Å². The highest BCUT2D eigenvalue weighted by atomic mass is 16.2. The predicted molar refractivity (Wildman–Crippen MR) is 69.5 cm³/mol. The molecule has 3 amide bonds. The highest BCUT2D eigenvalue weighted by molar-refractivity contribution is 6.07. The number of carbonyl (C=O) groups excluding carboxylic acids is 3. The van der Waals surface area contributed by atoms with Crippen LogP contribution in [0.5, 0.6) is 0 Å². The van der Waals surface area contributed by atoms with Crippen LogP contribution in [-0.4, -0.2) is 57.1 Å². The molecule has 2 rings (SSSR count). The zero-order chi connectivity index (χ0) is 14.7. The average Bonchev–Trinajstić information content (AvgIpc) is 2.72. The summed E-state index contributed by atoms with van der Waals surface area (Å²) in [7, 11) is 1.43. The Balaban J connectivity index is 2.26. The molecule has 1 aliphatic rings. The maximum Gasteiger partial charge on any atom is 0.274 e. The van der Waals surface area contributed by atoms with E-state index in [1.807, 2.05) is 6.92 Å². The van der Waals surface area contributed by atoms with Crippen molar-refractivity contribution in [2.45, 2.75) is 25.8 Å². The van der Waals surface area contributed by atoms with Gasteiger partial charge in [-0.15, -0.1) is 0 Å². The monoisotopic (exact) mass is 276 g/mol. The summed E-state index contributed by atoms with van der Waals surface area (Å²) in [5, 5.41) is 0. The van der Waals surface area contributed by atoms with Gasteiger partial charge < -0.3 is 4.90 Å². The van der Waals surface area contributed by atoms with Crippen LogP contribution in [-0.2, 0) is 9.59 Å². The lowest BCUT2D eigenvalue weighted by Crippen LogP contribution is -2.45. The molecule has 0 spiro atoms. The molecule has 1 saturated heterocycles. The molecule has 1 atom stereocenters. The lowest BCUT2D eigenvalue weighted by molar-refractivity contribution is -0.137. The van der Waals surface area contributed by atoms with Gasteiger partial charge in [-0.05, 0) is 6.42 Å². The first-order valence-corrected chi connectivity index (χ1v) is 6.43. The molecule has 0 radical (unpaired) electrons. The van der Waals surface area contributed by atoms with Crippen LogP contribution >= 0.6 is 0 Å². The van der Waals surface area contributed by atoms with Crippen molar-refractivity contribution in [1.29, 1.82) is 0 Å².